The second kappa shape index (κ2) is 10.3. The SMILES string of the molecule is Nc1c(Cl)cc(S(=O)(=O)NC(CCn2cccc2N)C(=O)N2CCC(CO)CC2)cc1Cl. The summed E-state index contributed by atoms with van der Waals surface area (Å²) in [6.45, 7) is 1.32. The molecule has 1 amide bonds. The number of aromatic nitrogens is 1. The number of hydrogen-bond donors (Lipinski definition) is 4. The van der Waals surface area contributed by atoms with Crippen molar-refractivity contribution in [1.82, 2.24) is 14.2 Å². The number of aliphatic hydroxyl groups excluding tert-OH is 1. The fourth-order valence-corrected chi connectivity index (χ4v) is 5.55. The number of carbonyl (C=O) groups excluding carboxylic acids is 1. The molecule has 176 valence electrons. The van der Waals surface area contributed by atoms with E-state index in [2.05, 4.69) is 4.72 Å². The summed E-state index contributed by atoms with van der Waals surface area (Å²) >= 11 is 12.0. The number of benzene rings is 1. The van der Waals surface area contributed by atoms with Crippen molar-refractivity contribution in [3.8, 4) is 0 Å². The van der Waals surface area contributed by atoms with Crippen LogP contribution in [0.3, 0.4) is 0 Å². The van der Waals surface area contributed by atoms with E-state index in [1.54, 1.807) is 27.8 Å². The highest BCUT2D eigenvalue weighted by Gasteiger charge is 2.32. The lowest BCUT2D eigenvalue weighted by molar-refractivity contribution is -0.134. The Labute approximate surface area is 197 Å². The number of halogens is 2. The van der Waals surface area contributed by atoms with Gasteiger partial charge in [0.05, 0.1) is 20.6 Å². The Morgan fingerprint density at radius 1 is 1.22 bits per heavy atom. The van der Waals surface area contributed by atoms with Gasteiger partial charge < -0.3 is 26.0 Å². The maximum absolute atomic E-state index is 13.3. The van der Waals surface area contributed by atoms with E-state index in [0.717, 1.165) is 0 Å². The van der Waals surface area contributed by atoms with Crippen molar-refractivity contribution in [2.75, 3.05) is 31.2 Å². The summed E-state index contributed by atoms with van der Waals surface area (Å²) in [5.41, 5.74) is 11.7. The predicted octanol–water partition coefficient (Wildman–Crippen LogP) is 1.93. The molecule has 1 saturated heterocycles. The van der Waals surface area contributed by atoms with Crippen LogP contribution in [0.15, 0.2) is 35.4 Å². The maximum Gasteiger partial charge on any atom is 0.241 e. The molecule has 0 aliphatic carbocycles. The zero-order chi connectivity index (χ0) is 23.5. The summed E-state index contributed by atoms with van der Waals surface area (Å²) in [7, 11) is -4.12. The number of carbonyl (C=O) groups is 1. The van der Waals surface area contributed by atoms with Gasteiger partial charge >= 0.3 is 0 Å². The zero-order valence-corrected chi connectivity index (χ0v) is 19.7. The molecule has 0 saturated carbocycles. The second-order valence-electron chi connectivity index (χ2n) is 7.84. The molecular formula is C20H27Cl2N5O4S. The van der Waals surface area contributed by atoms with E-state index in [9.17, 15) is 18.3 Å². The summed E-state index contributed by atoms with van der Waals surface area (Å²) in [6, 6.07) is 4.86. The number of aryl methyl sites for hydroxylation is 1. The highest BCUT2D eigenvalue weighted by atomic mass is 35.5. The first-order valence-electron chi connectivity index (χ1n) is 10.2. The lowest BCUT2D eigenvalue weighted by Gasteiger charge is -2.34. The number of anilines is 2. The third-order valence-corrected chi connectivity index (χ3v) is 7.74. The Balaban J connectivity index is 1.82. The number of nitrogens with one attached hydrogen (secondary N) is 1. The first kappa shape index (κ1) is 24.7. The van der Waals surface area contributed by atoms with Crippen LogP contribution in [0.1, 0.15) is 19.3 Å². The minimum absolute atomic E-state index is 0.00643. The van der Waals surface area contributed by atoms with Crippen molar-refractivity contribution in [3.63, 3.8) is 0 Å². The van der Waals surface area contributed by atoms with Gasteiger partial charge in [-0.15, -0.1) is 0 Å². The van der Waals surface area contributed by atoms with Crippen LogP contribution in [-0.4, -0.2) is 54.6 Å². The lowest BCUT2D eigenvalue weighted by atomic mass is 9.97. The number of amides is 1. The molecule has 6 N–H and O–H groups in total. The molecule has 1 aliphatic rings. The summed E-state index contributed by atoms with van der Waals surface area (Å²) in [5.74, 6) is 0.330. The van der Waals surface area contributed by atoms with E-state index in [0.29, 0.717) is 38.3 Å². The first-order valence-corrected chi connectivity index (χ1v) is 12.4. The van der Waals surface area contributed by atoms with Crippen LogP contribution in [-0.2, 0) is 21.4 Å². The Hall–Kier alpha value is -1.98. The highest BCUT2D eigenvalue weighted by molar-refractivity contribution is 7.89. The zero-order valence-electron chi connectivity index (χ0n) is 17.4. The fraction of sp³-hybridized carbons (Fsp3) is 0.450. The van der Waals surface area contributed by atoms with Crippen LogP contribution in [0.2, 0.25) is 10.0 Å². The third-order valence-electron chi connectivity index (χ3n) is 5.67. The smallest absolute Gasteiger partial charge is 0.241 e. The molecule has 32 heavy (non-hydrogen) atoms. The van der Waals surface area contributed by atoms with Gasteiger partial charge in [0.15, 0.2) is 0 Å². The van der Waals surface area contributed by atoms with Crippen molar-refractivity contribution < 1.29 is 18.3 Å². The van der Waals surface area contributed by atoms with E-state index in [1.807, 2.05) is 0 Å². The van der Waals surface area contributed by atoms with Crippen molar-refractivity contribution in [3.05, 3.63) is 40.5 Å². The van der Waals surface area contributed by atoms with Crippen LogP contribution in [0.5, 0.6) is 0 Å². The first-order chi connectivity index (χ1) is 15.1. The molecule has 3 rings (SSSR count). The summed E-state index contributed by atoms with van der Waals surface area (Å²) in [4.78, 5) is 14.7. The molecule has 1 aromatic carbocycles. The number of piperidine rings is 1. The van der Waals surface area contributed by atoms with Gasteiger partial charge in [-0.05, 0) is 49.4 Å². The number of aliphatic hydroxyl groups is 1. The Bertz CT molecular complexity index is 1040. The van der Waals surface area contributed by atoms with E-state index in [1.165, 1.54) is 12.1 Å². The second-order valence-corrected chi connectivity index (χ2v) is 10.4. The van der Waals surface area contributed by atoms with E-state index < -0.39 is 16.1 Å². The lowest BCUT2D eigenvalue weighted by Crippen LogP contribution is -2.51. The number of hydrogen-bond acceptors (Lipinski definition) is 6. The topological polar surface area (TPSA) is 144 Å². The van der Waals surface area contributed by atoms with Gasteiger partial charge in [-0.2, -0.15) is 4.72 Å². The molecule has 1 aliphatic heterocycles. The highest BCUT2D eigenvalue weighted by Crippen LogP contribution is 2.31. The van der Waals surface area contributed by atoms with Crippen LogP contribution in [0, 0.1) is 5.92 Å². The predicted molar refractivity (Wildman–Crippen MR) is 125 cm³/mol. The van der Waals surface area contributed by atoms with E-state index >= 15 is 0 Å². The van der Waals surface area contributed by atoms with E-state index in [4.69, 9.17) is 34.7 Å². The van der Waals surface area contributed by atoms with Crippen molar-refractivity contribution in [2.45, 2.75) is 36.7 Å². The maximum atomic E-state index is 13.3. The number of nitrogens with two attached hydrogens (primary N) is 2. The van der Waals surface area contributed by atoms with Crippen LogP contribution in [0.4, 0.5) is 11.5 Å². The summed E-state index contributed by atoms with van der Waals surface area (Å²) < 4.78 is 30.4. The third kappa shape index (κ3) is 5.68. The number of likely N-dealkylation sites (tertiary alicyclic amines) is 1. The Kier molecular flexibility index (Phi) is 7.94. The number of sulfonamides is 1. The van der Waals surface area contributed by atoms with Gasteiger partial charge in [-0.1, -0.05) is 23.2 Å². The van der Waals surface area contributed by atoms with Crippen LogP contribution < -0.4 is 16.2 Å². The molecule has 1 unspecified atom stereocenters. The van der Waals surface area contributed by atoms with Gasteiger partial charge in [0.1, 0.15) is 11.9 Å². The summed E-state index contributed by atoms with van der Waals surface area (Å²) in [5, 5.41) is 9.36. The standard InChI is InChI=1S/C20H27Cl2N5O4S/c21-15-10-14(11-16(22)19(15)24)32(30,31)25-17(5-9-26-6-1-2-18(26)23)20(29)27-7-3-13(12-28)4-8-27/h1-2,6,10-11,13,17,25,28H,3-5,7-9,12,23-24H2. The monoisotopic (exact) mass is 503 g/mol. The number of rotatable bonds is 8. The normalized spacial score (nSPS) is 16.3. The summed E-state index contributed by atoms with van der Waals surface area (Å²) in [6.07, 6.45) is 3.27. The van der Waals surface area contributed by atoms with Crippen molar-refractivity contribution >= 4 is 50.6 Å². The Morgan fingerprint density at radius 2 is 1.84 bits per heavy atom. The minimum Gasteiger partial charge on any atom is -0.396 e. The molecule has 1 aromatic heterocycles. The molecule has 12 heteroatoms. The molecular weight excluding hydrogens is 477 g/mol. The van der Waals surface area contributed by atoms with E-state index in [-0.39, 0.29) is 45.5 Å². The van der Waals surface area contributed by atoms with Gasteiger partial charge in [-0.3, -0.25) is 4.79 Å². The van der Waals surface area contributed by atoms with Gasteiger partial charge in [0.25, 0.3) is 0 Å². The minimum atomic E-state index is -4.12. The van der Waals surface area contributed by atoms with Crippen LogP contribution >= 0.6 is 23.2 Å². The molecule has 2 heterocycles. The molecule has 0 radical (unpaired) electrons. The van der Waals surface area contributed by atoms with Gasteiger partial charge in [0.2, 0.25) is 15.9 Å². The number of nitrogen functional groups attached to an aromatic ring is 2. The molecule has 1 atom stereocenters. The van der Waals surface area contributed by atoms with Gasteiger partial charge in [0, 0.05) is 32.4 Å². The molecule has 1 fully saturated rings. The Morgan fingerprint density at radius 3 is 2.38 bits per heavy atom. The quantitative estimate of drug-likeness (QED) is 0.405. The molecule has 0 bridgehead atoms. The molecule has 9 nitrogen and oxygen atoms in total. The van der Waals surface area contributed by atoms with Crippen LogP contribution in [0.25, 0.3) is 0 Å². The molecule has 0 spiro atoms. The largest absolute Gasteiger partial charge is 0.396 e. The average molecular weight is 504 g/mol. The van der Waals surface area contributed by atoms with Crippen molar-refractivity contribution in [2.24, 2.45) is 5.92 Å². The average Bonchev–Trinajstić information content (AvgIpc) is 3.18. The number of nitrogens with zero attached hydrogens (tertiary/aromatic N) is 2. The van der Waals surface area contributed by atoms with Crippen molar-refractivity contribution in [1.29, 1.82) is 0 Å². The molecule has 2 aromatic rings. The fourth-order valence-electron chi connectivity index (χ4n) is 3.66. The van der Waals surface area contributed by atoms with Gasteiger partial charge in [-0.25, -0.2) is 8.42 Å².